The molecule has 1 aromatic carbocycles. The quantitative estimate of drug-likeness (QED) is 0.787. The van der Waals surface area contributed by atoms with Gasteiger partial charge in [0, 0.05) is 0 Å². The van der Waals surface area contributed by atoms with E-state index < -0.39 is 6.10 Å². The number of anilines is 1. The fourth-order valence-corrected chi connectivity index (χ4v) is 3.10. The highest BCUT2D eigenvalue weighted by molar-refractivity contribution is 7.15. The Kier molecular flexibility index (Phi) is 3.66. The molecule has 1 N–H and O–H groups in total. The molecule has 1 atom stereocenters. The van der Waals surface area contributed by atoms with Gasteiger partial charge in [-0.2, -0.15) is 4.98 Å². The number of carbonyl (C=O) groups is 1. The first kappa shape index (κ1) is 14.7. The van der Waals surface area contributed by atoms with Gasteiger partial charge in [-0.3, -0.25) is 4.79 Å². The second kappa shape index (κ2) is 5.97. The number of thiophene rings is 1. The second-order valence-electron chi connectivity index (χ2n) is 5.16. The molecule has 3 aromatic rings. The lowest BCUT2D eigenvalue weighted by molar-refractivity contribution is -0.125. The first-order valence-corrected chi connectivity index (χ1v) is 8.16. The number of amides is 1. The second-order valence-corrected chi connectivity index (χ2v) is 6.08. The van der Waals surface area contributed by atoms with Gasteiger partial charge < -0.3 is 19.3 Å². The lowest BCUT2D eigenvalue weighted by Gasteiger charge is -2.25. The third-order valence-corrected chi connectivity index (χ3v) is 4.29. The molecule has 0 saturated carbocycles. The standard InChI is InChI=1S/C16H13N3O4S/c1-9-17-15(23-19-9)10-6-7-24-16(10)18-14(20)13-8-21-11-4-2-3-5-12(11)22-13/h2-7,13H,8H2,1H3,(H,18,20)/t13-/m1/s1. The molecule has 3 heterocycles. The number of nitrogens with zero attached hydrogens (tertiary/aromatic N) is 2. The lowest BCUT2D eigenvalue weighted by Crippen LogP contribution is -2.40. The summed E-state index contributed by atoms with van der Waals surface area (Å²) >= 11 is 1.38. The SMILES string of the molecule is Cc1noc(-c2ccsc2NC(=O)[C@H]2COc3ccccc3O2)n1. The predicted octanol–water partition coefficient (Wildman–Crippen LogP) is 2.89. The molecule has 24 heavy (non-hydrogen) atoms. The summed E-state index contributed by atoms with van der Waals surface area (Å²) in [7, 11) is 0. The maximum Gasteiger partial charge on any atom is 0.269 e. The van der Waals surface area contributed by atoms with Crippen LogP contribution in [0.5, 0.6) is 11.5 Å². The Bertz CT molecular complexity index is 889. The summed E-state index contributed by atoms with van der Waals surface area (Å²) in [5, 5.41) is 9.09. The number of fused-ring (bicyclic) bond motifs is 1. The smallest absolute Gasteiger partial charge is 0.269 e. The van der Waals surface area contributed by atoms with E-state index in [0.29, 0.717) is 33.8 Å². The molecule has 4 rings (SSSR count). The molecule has 0 fully saturated rings. The Balaban J connectivity index is 1.51. The van der Waals surface area contributed by atoms with E-state index in [9.17, 15) is 4.79 Å². The number of nitrogens with one attached hydrogen (secondary N) is 1. The summed E-state index contributed by atoms with van der Waals surface area (Å²) in [4.78, 5) is 16.7. The fourth-order valence-electron chi connectivity index (χ4n) is 2.32. The van der Waals surface area contributed by atoms with Gasteiger partial charge in [0.2, 0.25) is 6.10 Å². The Morgan fingerprint density at radius 1 is 1.29 bits per heavy atom. The van der Waals surface area contributed by atoms with Crippen molar-refractivity contribution in [3.8, 4) is 23.0 Å². The summed E-state index contributed by atoms with van der Waals surface area (Å²) in [6, 6.07) is 9.08. The molecule has 122 valence electrons. The zero-order chi connectivity index (χ0) is 16.5. The minimum Gasteiger partial charge on any atom is -0.485 e. The first-order chi connectivity index (χ1) is 11.7. The van der Waals surface area contributed by atoms with E-state index in [4.69, 9.17) is 14.0 Å². The van der Waals surface area contributed by atoms with Crippen LogP contribution in [0.15, 0.2) is 40.2 Å². The van der Waals surface area contributed by atoms with Crippen molar-refractivity contribution >= 4 is 22.2 Å². The Morgan fingerprint density at radius 2 is 2.12 bits per heavy atom. The highest BCUT2D eigenvalue weighted by atomic mass is 32.1. The van der Waals surface area contributed by atoms with E-state index in [0.717, 1.165) is 0 Å². The van der Waals surface area contributed by atoms with Gasteiger partial charge >= 0.3 is 0 Å². The van der Waals surface area contributed by atoms with Crippen LogP contribution in [0.3, 0.4) is 0 Å². The average molecular weight is 343 g/mol. The zero-order valence-corrected chi connectivity index (χ0v) is 13.5. The number of hydrogen-bond donors (Lipinski definition) is 1. The van der Waals surface area contributed by atoms with Crippen molar-refractivity contribution in [2.24, 2.45) is 0 Å². The average Bonchev–Trinajstić information content (AvgIpc) is 3.23. The number of aryl methyl sites for hydroxylation is 1. The van der Waals surface area contributed by atoms with Gasteiger partial charge in [0.25, 0.3) is 11.8 Å². The van der Waals surface area contributed by atoms with Crippen LogP contribution in [-0.2, 0) is 4.79 Å². The summed E-state index contributed by atoms with van der Waals surface area (Å²) in [5.74, 6) is 1.82. The van der Waals surface area contributed by atoms with E-state index in [1.807, 2.05) is 23.6 Å². The number of rotatable bonds is 3. The molecular formula is C16H13N3O4S. The van der Waals surface area contributed by atoms with Gasteiger partial charge in [-0.25, -0.2) is 0 Å². The molecule has 0 radical (unpaired) electrons. The maximum atomic E-state index is 12.5. The van der Waals surface area contributed by atoms with Crippen molar-refractivity contribution in [3.63, 3.8) is 0 Å². The van der Waals surface area contributed by atoms with Crippen molar-refractivity contribution in [2.45, 2.75) is 13.0 Å². The number of ether oxygens (including phenoxy) is 2. The third kappa shape index (κ3) is 2.71. The topological polar surface area (TPSA) is 86.5 Å². The number of benzene rings is 1. The monoisotopic (exact) mass is 343 g/mol. The summed E-state index contributed by atoms with van der Waals surface area (Å²) in [6.07, 6.45) is -0.723. The molecule has 1 aliphatic heterocycles. The van der Waals surface area contributed by atoms with Crippen molar-refractivity contribution < 1.29 is 18.8 Å². The van der Waals surface area contributed by atoms with Crippen molar-refractivity contribution in [2.75, 3.05) is 11.9 Å². The summed E-state index contributed by atoms with van der Waals surface area (Å²) in [6.45, 7) is 1.89. The van der Waals surface area contributed by atoms with Crippen molar-refractivity contribution in [1.82, 2.24) is 10.1 Å². The molecule has 1 aliphatic rings. The minimum absolute atomic E-state index is 0.156. The van der Waals surface area contributed by atoms with Crippen LogP contribution in [0.2, 0.25) is 0 Å². The first-order valence-electron chi connectivity index (χ1n) is 7.28. The van der Waals surface area contributed by atoms with Crippen LogP contribution < -0.4 is 14.8 Å². The van der Waals surface area contributed by atoms with Crippen LogP contribution in [-0.4, -0.2) is 28.8 Å². The largest absolute Gasteiger partial charge is 0.485 e. The van der Waals surface area contributed by atoms with E-state index >= 15 is 0 Å². The van der Waals surface area contributed by atoms with Gasteiger partial charge in [0.1, 0.15) is 11.6 Å². The zero-order valence-electron chi connectivity index (χ0n) is 12.7. The molecule has 2 aromatic heterocycles. The Labute approximate surface area is 141 Å². The predicted molar refractivity (Wildman–Crippen MR) is 87.3 cm³/mol. The molecule has 1 amide bonds. The lowest BCUT2D eigenvalue weighted by atomic mass is 10.2. The van der Waals surface area contributed by atoms with Crippen LogP contribution in [0.4, 0.5) is 5.00 Å². The summed E-state index contributed by atoms with van der Waals surface area (Å²) in [5.41, 5.74) is 0.686. The molecule has 0 unspecified atom stereocenters. The van der Waals surface area contributed by atoms with Crippen LogP contribution in [0.1, 0.15) is 5.82 Å². The van der Waals surface area contributed by atoms with Gasteiger partial charge in [-0.1, -0.05) is 17.3 Å². The summed E-state index contributed by atoms with van der Waals surface area (Å²) < 4.78 is 16.4. The maximum absolute atomic E-state index is 12.5. The number of hydrogen-bond acceptors (Lipinski definition) is 7. The van der Waals surface area contributed by atoms with Crippen LogP contribution in [0.25, 0.3) is 11.5 Å². The van der Waals surface area contributed by atoms with Crippen LogP contribution in [0, 0.1) is 6.92 Å². The van der Waals surface area contributed by atoms with Gasteiger partial charge in [0.05, 0.1) is 5.56 Å². The molecule has 0 aliphatic carbocycles. The fraction of sp³-hybridized carbons (Fsp3) is 0.188. The molecule has 8 heteroatoms. The number of aromatic nitrogens is 2. The van der Waals surface area contributed by atoms with Crippen molar-refractivity contribution in [1.29, 1.82) is 0 Å². The van der Waals surface area contributed by atoms with E-state index in [1.54, 1.807) is 19.1 Å². The number of para-hydroxylation sites is 2. The van der Waals surface area contributed by atoms with Crippen molar-refractivity contribution in [3.05, 3.63) is 41.5 Å². The normalized spacial score (nSPS) is 16.0. The molecule has 0 saturated heterocycles. The van der Waals surface area contributed by atoms with E-state index in [1.165, 1.54) is 11.3 Å². The van der Waals surface area contributed by atoms with E-state index in [-0.39, 0.29) is 12.5 Å². The van der Waals surface area contributed by atoms with Crippen LogP contribution >= 0.6 is 11.3 Å². The third-order valence-electron chi connectivity index (χ3n) is 3.46. The molecule has 0 spiro atoms. The highest BCUT2D eigenvalue weighted by Gasteiger charge is 2.28. The van der Waals surface area contributed by atoms with Gasteiger partial charge in [-0.05, 0) is 30.5 Å². The Hall–Kier alpha value is -2.87. The van der Waals surface area contributed by atoms with E-state index in [2.05, 4.69) is 15.5 Å². The molecule has 0 bridgehead atoms. The molecular weight excluding hydrogens is 330 g/mol. The van der Waals surface area contributed by atoms with Gasteiger partial charge in [-0.15, -0.1) is 11.3 Å². The number of carbonyl (C=O) groups excluding carboxylic acids is 1. The van der Waals surface area contributed by atoms with Gasteiger partial charge in [0.15, 0.2) is 17.3 Å². The molecule has 7 nitrogen and oxygen atoms in total. The Morgan fingerprint density at radius 3 is 2.92 bits per heavy atom. The minimum atomic E-state index is -0.723. The highest BCUT2D eigenvalue weighted by Crippen LogP contribution is 2.34.